The van der Waals surface area contributed by atoms with Crippen LogP contribution in [-0.4, -0.2) is 40.3 Å². The maximum atomic E-state index is 13.6. The van der Waals surface area contributed by atoms with Crippen LogP contribution in [0.25, 0.3) is 0 Å². The van der Waals surface area contributed by atoms with Gasteiger partial charge in [-0.1, -0.05) is 24.3 Å². The largest absolute Gasteiger partial charge is 0.492 e. The van der Waals surface area contributed by atoms with Crippen LogP contribution in [0.15, 0.2) is 53.5 Å². The van der Waals surface area contributed by atoms with Gasteiger partial charge in [0.15, 0.2) is 15.8 Å². The molecule has 0 unspecified atom stereocenters. The molecule has 0 aliphatic rings. The molecule has 0 radical (unpaired) electrons. The molecule has 0 saturated carbocycles. The van der Waals surface area contributed by atoms with E-state index in [1.54, 1.807) is 0 Å². The normalized spacial score (nSPS) is 11.9. The average molecular weight is 408 g/mol. The van der Waals surface area contributed by atoms with Crippen LogP contribution in [0.4, 0.5) is 4.39 Å². The molecule has 0 aliphatic heterocycles. The van der Waals surface area contributed by atoms with Gasteiger partial charge in [0.1, 0.15) is 18.2 Å². The number of para-hydroxylation sites is 1. The first-order chi connectivity index (χ1) is 13.4. The second kappa shape index (κ2) is 10.7. The summed E-state index contributed by atoms with van der Waals surface area (Å²) in [6, 6.07) is 13.6. The number of nitrogens with one attached hydrogen (secondary N) is 2. The van der Waals surface area contributed by atoms with E-state index in [0.717, 1.165) is 12.0 Å². The highest BCUT2D eigenvalue weighted by Crippen LogP contribution is 2.15. The number of halogens is 1. The van der Waals surface area contributed by atoms with Crippen LogP contribution in [0.3, 0.4) is 0 Å². The molecule has 0 heterocycles. The molecule has 2 aromatic rings. The number of hydrogen-bond acceptors (Lipinski definition) is 4. The molecule has 0 spiro atoms. The Bertz CT molecular complexity index is 887. The van der Waals surface area contributed by atoms with Gasteiger partial charge >= 0.3 is 0 Å². The lowest BCUT2D eigenvalue weighted by molar-refractivity contribution is 0.322. The van der Waals surface area contributed by atoms with E-state index in [-0.39, 0.29) is 12.3 Å². The third-order valence-electron chi connectivity index (χ3n) is 3.74. The molecule has 152 valence electrons. The Labute approximate surface area is 165 Å². The number of aliphatic imine (C=N–C) groups is 1. The van der Waals surface area contributed by atoms with E-state index < -0.39 is 15.7 Å². The molecule has 0 fully saturated rings. The summed E-state index contributed by atoms with van der Waals surface area (Å²) in [4.78, 5) is 4.44. The number of ether oxygens (including phenoxy) is 1. The zero-order valence-corrected chi connectivity index (χ0v) is 16.9. The Morgan fingerprint density at radius 1 is 1.11 bits per heavy atom. The van der Waals surface area contributed by atoms with Crippen LogP contribution in [0.5, 0.6) is 5.75 Å². The molecule has 0 saturated heterocycles. The monoisotopic (exact) mass is 407 g/mol. The fourth-order valence-corrected chi connectivity index (χ4v) is 3.37. The van der Waals surface area contributed by atoms with Crippen LogP contribution in [-0.2, 0) is 22.1 Å². The summed E-state index contributed by atoms with van der Waals surface area (Å²) in [6.45, 7) is 3.74. The molecule has 8 heteroatoms. The van der Waals surface area contributed by atoms with Gasteiger partial charge in [-0.15, -0.1) is 0 Å². The highest BCUT2D eigenvalue weighted by atomic mass is 32.2. The van der Waals surface area contributed by atoms with E-state index in [2.05, 4.69) is 15.6 Å². The molecule has 0 amide bonds. The number of rotatable bonds is 9. The molecule has 2 aromatic carbocycles. The lowest BCUT2D eigenvalue weighted by Crippen LogP contribution is -2.39. The maximum Gasteiger partial charge on any atom is 0.191 e. The molecule has 0 bridgehead atoms. The average Bonchev–Trinajstić information content (AvgIpc) is 2.65. The molecule has 2 N–H and O–H groups in total. The third kappa shape index (κ3) is 7.96. The van der Waals surface area contributed by atoms with Gasteiger partial charge in [0.25, 0.3) is 0 Å². The Hall–Kier alpha value is -2.61. The van der Waals surface area contributed by atoms with Crippen molar-refractivity contribution in [1.29, 1.82) is 0 Å². The van der Waals surface area contributed by atoms with Crippen LogP contribution < -0.4 is 15.4 Å². The van der Waals surface area contributed by atoms with Crippen molar-refractivity contribution in [3.05, 3.63) is 65.5 Å². The number of sulfone groups is 1. The van der Waals surface area contributed by atoms with E-state index in [1.807, 2.05) is 37.3 Å². The van der Waals surface area contributed by atoms with Gasteiger partial charge < -0.3 is 15.4 Å². The van der Waals surface area contributed by atoms with E-state index in [1.165, 1.54) is 18.2 Å². The lowest BCUT2D eigenvalue weighted by Gasteiger charge is -2.13. The van der Waals surface area contributed by atoms with Crippen LogP contribution in [0, 0.1) is 5.82 Å². The van der Waals surface area contributed by atoms with Crippen molar-refractivity contribution < 1.29 is 17.5 Å². The molecule has 6 nitrogen and oxygen atoms in total. The van der Waals surface area contributed by atoms with Gasteiger partial charge in [0.2, 0.25) is 0 Å². The van der Waals surface area contributed by atoms with Gasteiger partial charge in [-0.2, -0.15) is 0 Å². The Morgan fingerprint density at radius 3 is 2.54 bits per heavy atom. The Balaban J connectivity index is 1.98. The first-order valence-electron chi connectivity index (χ1n) is 9.02. The van der Waals surface area contributed by atoms with Crippen LogP contribution in [0.1, 0.15) is 18.1 Å². The van der Waals surface area contributed by atoms with Gasteiger partial charge in [-0.05, 0) is 42.3 Å². The van der Waals surface area contributed by atoms with Crippen molar-refractivity contribution >= 4 is 15.8 Å². The predicted octanol–water partition coefficient (Wildman–Crippen LogP) is 2.50. The second-order valence-electron chi connectivity index (χ2n) is 6.27. The predicted molar refractivity (Wildman–Crippen MR) is 110 cm³/mol. The summed E-state index contributed by atoms with van der Waals surface area (Å²) in [6.07, 6.45) is 1.15. The smallest absolute Gasteiger partial charge is 0.191 e. The minimum absolute atomic E-state index is 0.146. The van der Waals surface area contributed by atoms with Crippen LogP contribution >= 0.6 is 0 Å². The maximum absolute atomic E-state index is 13.6. The summed E-state index contributed by atoms with van der Waals surface area (Å²) in [5.41, 5.74) is 1.10. The van der Waals surface area contributed by atoms with Crippen LogP contribution in [0.2, 0.25) is 0 Å². The Kier molecular flexibility index (Phi) is 8.25. The van der Waals surface area contributed by atoms with Crippen molar-refractivity contribution in [3.8, 4) is 5.75 Å². The summed E-state index contributed by atoms with van der Waals surface area (Å²) in [7, 11) is -3.22. The summed E-state index contributed by atoms with van der Waals surface area (Å²) in [5, 5.41) is 6.25. The molecule has 0 atom stereocenters. The van der Waals surface area contributed by atoms with E-state index in [9.17, 15) is 12.8 Å². The summed E-state index contributed by atoms with van der Waals surface area (Å²) >= 11 is 0. The minimum atomic E-state index is -3.22. The van der Waals surface area contributed by atoms with Gasteiger partial charge in [0, 0.05) is 12.8 Å². The number of nitrogens with zero attached hydrogens (tertiary/aromatic N) is 1. The fraction of sp³-hybridized carbons (Fsp3) is 0.350. The zero-order chi connectivity index (χ0) is 20.4. The standard InChI is InChI=1S/C20H26FN3O3S/c1-3-22-20(23-11-12-27-19-7-5-4-6-8-19)24-14-17-13-18(21)10-9-16(17)15-28(2,25)26/h4-10,13H,3,11-12,14-15H2,1-2H3,(H2,22,23,24). The minimum Gasteiger partial charge on any atom is -0.492 e. The molecular formula is C20H26FN3O3S. The second-order valence-corrected chi connectivity index (χ2v) is 8.41. The first-order valence-corrected chi connectivity index (χ1v) is 11.1. The highest BCUT2D eigenvalue weighted by molar-refractivity contribution is 7.89. The van der Waals surface area contributed by atoms with Gasteiger partial charge in [-0.25, -0.2) is 17.8 Å². The van der Waals surface area contributed by atoms with Gasteiger partial charge in [-0.3, -0.25) is 0 Å². The zero-order valence-electron chi connectivity index (χ0n) is 16.1. The van der Waals surface area contributed by atoms with E-state index in [0.29, 0.717) is 36.8 Å². The molecule has 2 rings (SSSR count). The summed E-state index contributed by atoms with van der Waals surface area (Å²) in [5.74, 6) is 0.773. The van der Waals surface area contributed by atoms with Gasteiger partial charge in [0.05, 0.1) is 18.8 Å². The van der Waals surface area contributed by atoms with Crippen molar-refractivity contribution in [2.24, 2.45) is 4.99 Å². The lowest BCUT2D eigenvalue weighted by atomic mass is 10.1. The molecule has 0 aromatic heterocycles. The molecule has 0 aliphatic carbocycles. The van der Waals surface area contributed by atoms with Crippen molar-refractivity contribution in [3.63, 3.8) is 0 Å². The van der Waals surface area contributed by atoms with Crippen molar-refractivity contribution in [1.82, 2.24) is 10.6 Å². The first kappa shape index (κ1) is 21.7. The quantitative estimate of drug-likeness (QED) is 0.379. The van der Waals surface area contributed by atoms with E-state index in [4.69, 9.17) is 4.74 Å². The van der Waals surface area contributed by atoms with Crippen molar-refractivity contribution in [2.75, 3.05) is 26.0 Å². The fourth-order valence-electron chi connectivity index (χ4n) is 2.53. The van der Waals surface area contributed by atoms with E-state index >= 15 is 0 Å². The van der Waals surface area contributed by atoms with Crippen molar-refractivity contribution in [2.45, 2.75) is 19.2 Å². The number of benzene rings is 2. The topological polar surface area (TPSA) is 79.8 Å². The SMILES string of the molecule is CCNC(=NCc1cc(F)ccc1CS(C)(=O)=O)NCCOc1ccccc1. The molecular weight excluding hydrogens is 381 g/mol. The number of hydrogen-bond donors (Lipinski definition) is 2. The number of guanidine groups is 1. The Morgan fingerprint density at radius 2 is 1.86 bits per heavy atom. The molecule has 28 heavy (non-hydrogen) atoms. The highest BCUT2D eigenvalue weighted by Gasteiger charge is 2.10. The summed E-state index contributed by atoms with van der Waals surface area (Å²) < 4.78 is 42.4. The third-order valence-corrected chi connectivity index (χ3v) is 4.58.